The van der Waals surface area contributed by atoms with Crippen molar-refractivity contribution in [1.29, 1.82) is 0 Å². The van der Waals surface area contributed by atoms with Gasteiger partial charge in [-0.1, -0.05) is 0 Å². The second-order valence-corrected chi connectivity index (χ2v) is 10.9. The Morgan fingerprint density at radius 1 is 1.00 bits per heavy atom. The van der Waals surface area contributed by atoms with Crippen molar-refractivity contribution in [2.24, 2.45) is 0 Å². The maximum absolute atomic E-state index is 16.3. The minimum absolute atomic E-state index is 0.145. The number of halogens is 4. The van der Waals surface area contributed by atoms with Gasteiger partial charge in [-0.25, -0.2) is 30.3 Å². The highest BCUT2D eigenvalue weighted by atomic mass is 32.2. The summed E-state index contributed by atoms with van der Waals surface area (Å²) in [5, 5.41) is 4.30. The quantitative estimate of drug-likeness (QED) is 0.153. The number of carbonyl (C=O) groups excluding carboxylic acids is 1. The van der Waals surface area contributed by atoms with Crippen molar-refractivity contribution in [3.8, 4) is 22.4 Å². The zero-order chi connectivity index (χ0) is 29.9. The lowest BCUT2D eigenvalue weighted by Gasteiger charge is -2.25. The van der Waals surface area contributed by atoms with Crippen LogP contribution in [-0.2, 0) is 26.1 Å². The van der Waals surface area contributed by atoms with Crippen LogP contribution >= 0.6 is 0 Å². The van der Waals surface area contributed by atoms with Gasteiger partial charge in [0.2, 0.25) is 0 Å². The summed E-state index contributed by atoms with van der Waals surface area (Å²) in [5.74, 6) is -5.76. The summed E-state index contributed by atoms with van der Waals surface area (Å²) >= 11 is 0. The van der Waals surface area contributed by atoms with Crippen LogP contribution in [0.2, 0.25) is 0 Å². The molecule has 0 saturated heterocycles. The van der Waals surface area contributed by atoms with Gasteiger partial charge in [0, 0.05) is 30.7 Å². The van der Waals surface area contributed by atoms with E-state index in [9.17, 15) is 22.0 Å². The first-order valence-corrected chi connectivity index (χ1v) is 13.6. The first kappa shape index (κ1) is 29.7. The number of likely N-dealkylation sites (N-methyl/N-ethyl adjacent to an activating group) is 1. The van der Waals surface area contributed by atoms with Crippen molar-refractivity contribution in [2.45, 2.75) is 18.4 Å². The molecule has 0 aliphatic rings. The Morgan fingerprint density at radius 3 is 2.34 bits per heavy atom. The summed E-state index contributed by atoms with van der Waals surface area (Å²) in [6.07, 6.45) is 4.53. The number of nitrogens with zero attached hydrogens (tertiary/aromatic N) is 5. The molecule has 41 heavy (non-hydrogen) atoms. The van der Waals surface area contributed by atoms with Crippen molar-refractivity contribution in [1.82, 2.24) is 19.7 Å². The molecule has 9 nitrogen and oxygen atoms in total. The molecule has 0 aliphatic heterocycles. The monoisotopic (exact) mass is 591 g/mol. The molecule has 4 rings (SSSR count). The van der Waals surface area contributed by atoms with Gasteiger partial charge in [0.15, 0.2) is 12.5 Å². The molecule has 2 aromatic carbocycles. The van der Waals surface area contributed by atoms with E-state index >= 15 is 8.78 Å². The molecule has 0 saturated carbocycles. The number of aryl methyl sites for hydroxylation is 1. The van der Waals surface area contributed by atoms with Gasteiger partial charge >= 0.3 is 5.97 Å². The third-order valence-corrected chi connectivity index (χ3v) is 7.65. The summed E-state index contributed by atoms with van der Waals surface area (Å²) in [6.45, 7) is 0.735. The molecule has 14 heteroatoms. The number of anilines is 1. The lowest BCUT2D eigenvalue weighted by molar-refractivity contribution is -0.143. The first-order valence-electron chi connectivity index (χ1n) is 12.2. The predicted molar refractivity (Wildman–Crippen MR) is 142 cm³/mol. The van der Waals surface area contributed by atoms with Crippen LogP contribution in [0.3, 0.4) is 0 Å². The van der Waals surface area contributed by atoms with Crippen LogP contribution in [-0.4, -0.2) is 61.4 Å². The molecule has 0 fully saturated rings. The molecular weight excluding hydrogens is 566 g/mol. The highest BCUT2D eigenvalue weighted by Gasteiger charge is 2.34. The number of carbonyl (C=O) groups is 1. The Bertz CT molecular complexity index is 1680. The summed E-state index contributed by atoms with van der Waals surface area (Å²) in [7, 11) is -1.99. The molecule has 0 unspecified atom stereocenters. The maximum atomic E-state index is 16.3. The molecule has 0 N–H and O–H groups in total. The highest BCUT2D eigenvalue weighted by Crippen LogP contribution is 2.39. The fourth-order valence-electron chi connectivity index (χ4n) is 3.96. The van der Waals surface area contributed by atoms with Crippen molar-refractivity contribution < 1.29 is 35.5 Å². The Hall–Kier alpha value is -4.30. The van der Waals surface area contributed by atoms with Gasteiger partial charge in [0.1, 0.15) is 28.0 Å². The average Bonchev–Trinajstić information content (AvgIpc) is 3.35. The van der Waals surface area contributed by atoms with E-state index in [4.69, 9.17) is 4.74 Å². The van der Waals surface area contributed by atoms with Crippen molar-refractivity contribution in [3.05, 3.63) is 84.3 Å². The van der Waals surface area contributed by atoms with Gasteiger partial charge in [-0.15, -0.1) is 0 Å². The molecule has 4 aromatic rings. The SMILES string of the molecule is CCn1cc(-c2ccncc2)c(-c2c(F)ccc(N(COC(=O)CN(C)C)S(=O)(=O)c3cc(F)ccc3F)c2F)n1. The summed E-state index contributed by atoms with van der Waals surface area (Å²) in [6, 6.07) is 6.51. The summed E-state index contributed by atoms with van der Waals surface area (Å²) < 4.78 is 94.2. The lowest BCUT2D eigenvalue weighted by Crippen LogP contribution is -2.37. The van der Waals surface area contributed by atoms with Crippen molar-refractivity contribution in [3.63, 3.8) is 0 Å². The third-order valence-electron chi connectivity index (χ3n) is 5.90. The van der Waals surface area contributed by atoms with Crippen LogP contribution in [0.25, 0.3) is 22.4 Å². The highest BCUT2D eigenvalue weighted by molar-refractivity contribution is 7.92. The molecule has 2 aromatic heterocycles. The Balaban J connectivity index is 1.91. The maximum Gasteiger partial charge on any atom is 0.321 e. The number of rotatable bonds is 10. The zero-order valence-corrected chi connectivity index (χ0v) is 23.0. The largest absolute Gasteiger partial charge is 0.442 e. The van der Waals surface area contributed by atoms with E-state index in [-0.39, 0.29) is 16.5 Å². The normalized spacial score (nSPS) is 11.6. The summed E-state index contributed by atoms with van der Waals surface area (Å²) in [4.78, 5) is 16.5. The van der Waals surface area contributed by atoms with Crippen LogP contribution in [0.15, 0.2) is 66.0 Å². The Morgan fingerprint density at radius 2 is 1.68 bits per heavy atom. The number of sulfonamides is 1. The van der Waals surface area contributed by atoms with E-state index in [0.29, 0.717) is 35.9 Å². The van der Waals surface area contributed by atoms with Crippen molar-refractivity contribution >= 4 is 21.7 Å². The predicted octanol–water partition coefficient (Wildman–Crippen LogP) is 4.45. The molecule has 216 valence electrons. The van der Waals surface area contributed by atoms with Crippen LogP contribution in [0, 0.1) is 23.3 Å². The molecule has 0 bridgehead atoms. The minimum Gasteiger partial charge on any atom is -0.442 e. The standard InChI is InChI=1S/C27H25F4N5O4S/c1-4-35-14-19(17-9-11-32-12-10-17)27(33-35)25-21(30)7-8-22(26(25)31)36(16-40-24(37)15-34(2)3)41(38,39)23-13-18(28)5-6-20(23)29/h5-14H,4,15-16H2,1-3H3. The van der Waals surface area contributed by atoms with Gasteiger partial charge in [0.25, 0.3) is 10.0 Å². The topological polar surface area (TPSA) is 97.6 Å². The minimum atomic E-state index is -5.10. The van der Waals surface area contributed by atoms with E-state index < -0.39 is 62.1 Å². The zero-order valence-electron chi connectivity index (χ0n) is 22.2. The number of esters is 1. The average molecular weight is 592 g/mol. The first-order chi connectivity index (χ1) is 19.4. The Labute approximate surface area is 233 Å². The van der Waals surface area contributed by atoms with Gasteiger partial charge in [-0.05, 0) is 69.0 Å². The van der Waals surface area contributed by atoms with Crippen LogP contribution in [0.5, 0.6) is 0 Å². The van der Waals surface area contributed by atoms with E-state index in [1.807, 2.05) is 0 Å². The smallest absolute Gasteiger partial charge is 0.321 e. The number of ether oxygens (including phenoxy) is 1. The van der Waals surface area contributed by atoms with E-state index in [1.54, 1.807) is 39.3 Å². The van der Waals surface area contributed by atoms with Gasteiger partial charge in [-0.3, -0.25) is 19.4 Å². The van der Waals surface area contributed by atoms with Crippen LogP contribution in [0.1, 0.15) is 6.92 Å². The molecule has 0 aliphatic carbocycles. The van der Waals surface area contributed by atoms with Gasteiger partial charge < -0.3 is 4.74 Å². The van der Waals surface area contributed by atoms with Crippen LogP contribution in [0.4, 0.5) is 23.2 Å². The number of hydrogen-bond donors (Lipinski definition) is 0. The molecule has 0 atom stereocenters. The van der Waals surface area contributed by atoms with Gasteiger partial charge in [-0.2, -0.15) is 5.10 Å². The number of hydrogen-bond acceptors (Lipinski definition) is 7. The van der Waals surface area contributed by atoms with Crippen molar-refractivity contribution in [2.75, 3.05) is 31.7 Å². The van der Waals surface area contributed by atoms with E-state index in [0.717, 1.165) is 12.1 Å². The Kier molecular flexibility index (Phi) is 8.73. The molecule has 0 radical (unpaired) electrons. The molecular formula is C27H25F4N5O4S. The lowest BCUT2D eigenvalue weighted by atomic mass is 10.0. The van der Waals surface area contributed by atoms with Crippen LogP contribution < -0.4 is 4.31 Å². The fraction of sp³-hybridized carbons (Fsp3) is 0.222. The fourth-order valence-corrected chi connectivity index (χ4v) is 5.36. The number of benzene rings is 2. The second-order valence-electron chi connectivity index (χ2n) is 9.05. The van der Waals surface area contributed by atoms with Gasteiger partial charge in [0.05, 0.1) is 17.8 Å². The number of aromatic nitrogens is 3. The summed E-state index contributed by atoms with van der Waals surface area (Å²) in [5.41, 5.74) is -0.751. The number of pyridine rings is 1. The van der Waals surface area contributed by atoms with E-state index in [1.165, 1.54) is 22.0 Å². The third kappa shape index (κ3) is 6.23. The second kappa shape index (κ2) is 12.1. The molecule has 2 heterocycles. The van der Waals surface area contributed by atoms with E-state index in [2.05, 4.69) is 10.1 Å². The molecule has 0 spiro atoms. The molecule has 0 amide bonds.